The van der Waals surface area contributed by atoms with Gasteiger partial charge in [-0.3, -0.25) is 29.1 Å². The van der Waals surface area contributed by atoms with E-state index in [1.807, 2.05) is 35.5 Å². The second-order valence-electron chi connectivity index (χ2n) is 24.9. The number of likely N-dealkylation sites (tertiary alicyclic amines) is 6. The molecule has 3 atom stereocenters. The molecule has 0 radical (unpaired) electrons. The Morgan fingerprint density at radius 2 is 0.682 bits per heavy atom. The van der Waals surface area contributed by atoms with Crippen molar-refractivity contribution in [2.24, 2.45) is 0 Å². The Kier molecular flexibility index (Phi) is 19.5. The molecule has 9 heterocycles. The molecule has 18 nitrogen and oxygen atoms in total. The van der Waals surface area contributed by atoms with Gasteiger partial charge in [0.15, 0.2) is 0 Å². The van der Waals surface area contributed by atoms with Crippen LogP contribution in [0.2, 0.25) is 0 Å². The Bertz CT molecular complexity index is 2640. The highest BCUT2D eigenvalue weighted by Gasteiger charge is 2.48. The van der Waals surface area contributed by atoms with Crippen molar-refractivity contribution in [1.82, 2.24) is 29.4 Å². The highest BCUT2D eigenvalue weighted by molar-refractivity contribution is 6.03. The maximum atomic E-state index is 13.5. The summed E-state index contributed by atoms with van der Waals surface area (Å²) in [7, 11) is 0. The number of fused-ring (bicyclic) bond motifs is 3. The van der Waals surface area contributed by atoms with Gasteiger partial charge >= 0.3 is 18.3 Å². The molecule has 9 aliphatic rings. The number of ether oxygens (including phenoxy) is 3. The fraction of sp³-hybridized carbons (Fsp3) is 0.625. The van der Waals surface area contributed by atoms with E-state index in [0.29, 0.717) is 58.7 Å². The van der Waals surface area contributed by atoms with Crippen LogP contribution in [0.5, 0.6) is 0 Å². The smallest absolute Gasteiger partial charge is 0.409 e. The van der Waals surface area contributed by atoms with Gasteiger partial charge in [0.25, 0.3) is 0 Å². The summed E-state index contributed by atoms with van der Waals surface area (Å²) < 4.78 is 55.9. The Morgan fingerprint density at radius 1 is 0.435 bits per heavy atom. The van der Waals surface area contributed by atoms with E-state index >= 15 is 0 Å². The number of amides is 6. The van der Waals surface area contributed by atoms with Crippen molar-refractivity contribution in [2.75, 3.05) is 113 Å². The number of benzene rings is 3. The number of piperidine rings is 3. The molecule has 6 fully saturated rings. The number of rotatable bonds is 9. The van der Waals surface area contributed by atoms with Crippen LogP contribution in [0.15, 0.2) is 54.6 Å². The number of hydrogen-bond donors (Lipinski definition) is 0. The van der Waals surface area contributed by atoms with Crippen molar-refractivity contribution in [3.05, 3.63) is 88.7 Å². The monoisotopic (exact) mass is 1180 g/mol. The van der Waals surface area contributed by atoms with Crippen molar-refractivity contribution in [1.29, 1.82) is 0 Å². The van der Waals surface area contributed by atoms with Gasteiger partial charge in [0.2, 0.25) is 17.7 Å². The number of nitrogens with zero attached hydrogens (tertiary/aromatic N) is 9. The Labute approximate surface area is 499 Å². The maximum Gasteiger partial charge on any atom is 0.409 e. The molecule has 0 saturated carbocycles. The van der Waals surface area contributed by atoms with Crippen molar-refractivity contribution >= 4 is 53.1 Å². The van der Waals surface area contributed by atoms with Crippen LogP contribution in [-0.2, 0) is 47.9 Å². The van der Waals surface area contributed by atoms with Gasteiger partial charge in [-0.2, -0.15) is 0 Å². The normalized spacial score (nSPS) is 25.7. The number of carbonyl (C=O) groups is 6. The van der Waals surface area contributed by atoms with E-state index < -0.39 is 0 Å². The van der Waals surface area contributed by atoms with E-state index in [1.54, 1.807) is 32.9 Å². The highest BCUT2D eigenvalue weighted by Crippen LogP contribution is 2.41. The average molecular weight is 1180 g/mol. The minimum Gasteiger partial charge on any atom is -0.450 e. The molecule has 21 heteroatoms. The van der Waals surface area contributed by atoms with E-state index in [4.69, 9.17) is 14.2 Å². The van der Waals surface area contributed by atoms with Gasteiger partial charge < -0.3 is 43.6 Å². The van der Waals surface area contributed by atoms with Gasteiger partial charge in [0, 0.05) is 130 Å². The van der Waals surface area contributed by atoms with Crippen molar-refractivity contribution in [2.45, 2.75) is 161 Å². The van der Waals surface area contributed by atoms with Crippen LogP contribution in [0.25, 0.3) is 0 Å². The van der Waals surface area contributed by atoms with Crippen LogP contribution in [0.3, 0.4) is 0 Å². The second kappa shape index (κ2) is 26.3. The molecule has 3 unspecified atom stereocenters. The fourth-order valence-electron chi connectivity index (χ4n) is 14.9. The lowest BCUT2D eigenvalue weighted by molar-refractivity contribution is -0.118. The lowest BCUT2D eigenvalue weighted by Gasteiger charge is -2.44. The van der Waals surface area contributed by atoms with Crippen molar-refractivity contribution < 1.29 is 56.1 Å². The minimum absolute atomic E-state index is 0. The van der Waals surface area contributed by atoms with E-state index in [9.17, 15) is 41.9 Å². The average Bonchev–Trinajstić information content (AvgIpc) is 2.46. The molecule has 464 valence electrons. The van der Waals surface area contributed by atoms with Crippen LogP contribution >= 0.6 is 0 Å². The summed E-state index contributed by atoms with van der Waals surface area (Å²) in [6, 6.07) is 14.4. The lowest BCUT2D eigenvalue weighted by atomic mass is 9.93. The molecule has 9 aliphatic heterocycles. The van der Waals surface area contributed by atoms with Gasteiger partial charge in [-0.15, -0.1) is 0 Å². The molecule has 3 aromatic rings. The molecule has 12 rings (SSSR count). The quantitative estimate of drug-likeness (QED) is 0.188. The third-order valence-electron chi connectivity index (χ3n) is 19.4. The van der Waals surface area contributed by atoms with Crippen LogP contribution in [0.1, 0.15) is 123 Å². The van der Waals surface area contributed by atoms with Crippen molar-refractivity contribution in [3.8, 4) is 0 Å². The first-order valence-electron chi connectivity index (χ1n) is 30.6. The van der Waals surface area contributed by atoms with Crippen LogP contribution < -0.4 is 14.7 Å². The summed E-state index contributed by atoms with van der Waals surface area (Å²) >= 11 is 0. The summed E-state index contributed by atoms with van der Waals surface area (Å²) in [5, 5.41) is 0. The van der Waals surface area contributed by atoms with Crippen LogP contribution in [-0.4, -0.2) is 199 Å². The zero-order chi connectivity index (χ0) is 59.7. The Morgan fingerprint density at radius 3 is 0.918 bits per heavy atom. The summed E-state index contributed by atoms with van der Waals surface area (Å²) in [5.41, 5.74) is 4.83. The number of halogens is 3. The molecule has 6 saturated heterocycles. The van der Waals surface area contributed by atoms with E-state index in [-0.39, 0.29) is 95.6 Å². The zero-order valence-corrected chi connectivity index (χ0v) is 49.9. The van der Waals surface area contributed by atoms with Crippen LogP contribution in [0.4, 0.5) is 44.6 Å². The SMILES string of the molecule is C.CCOC(=O)N1CCC(C)(N2CCC(N3C(=O)Cc4cc(F)ccc43)CC2)C1.CCOC(=O)N1CCC(C)(N2CCC(N3C(=O)Cc4cc(F)ccc43)CC2)C1.CCOC(=O)N1CCC(C)(N2CCC(N3C(=O)Cc4cc(F)ccc43)CC2)C1. The van der Waals surface area contributed by atoms with Gasteiger partial charge in [0.05, 0.1) is 39.1 Å². The predicted octanol–water partition coefficient (Wildman–Crippen LogP) is 9.04. The summed E-state index contributed by atoms with van der Waals surface area (Å²) in [5.74, 6) is -0.658. The Hall–Kier alpha value is -6.45. The maximum absolute atomic E-state index is 13.5. The third kappa shape index (κ3) is 13.3. The fourth-order valence-corrected chi connectivity index (χ4v) is 14.9. The standard InChI is InChI=1S/3C21H28FN3O3.CH4/c3*1-3-28-20(27)23-11-8-21(2,14-23)24-9-6-17(7-10-24)25-18-5-4-16(22)12-15(18)13-19(25)26;/h3*4-5,12,17H,3,6-11,13-14H2,1-2H3;1H4. The largest absolute Gasteiger partial charge is 0.450 e. The molecular formula is C64H88F3N9O9. The van der Waals surface area contributed by atoms with Gasteiger partial charge in [-0.05, 0) is 171 Å². The number of carbonyl (C=O) groups excluding carboxylic acids is 6. The minimum atomic E-state index is -0.288. The molecule has 85 heavy (non-hydrogen) atoms. The van der Waals surface area contributed by atoms with Crippen molar-refractivity contribution in [3.63, 3.8) is 0 Å². The second-order valence-corrected chi connectivity index (χ2v) is 24.9. The van der Waals surface area contributed by atoms with E-state index in [1.165, 1.54) is 36.4 Å². The molecule has 3 aromatic carbocycles. The van der Waals surface area contributed by atoms with Gasteiger partial charge in [0.1, 0.15) is 17.5 Å². The molecule has 0 bridgehead atoms. The molecule has 0 spiro atoms. The molecule has 0 N–H and O–H groups in total. The molecular weight excluding hydrogens is 1100 g/mol. The predicted molar refractivity (Wildman–Crippen MR) is 318 cm³/mol. The molecule has 0 aromatic heterocycles. The zero-order valence-electron chi connectivity index (χ0n) is 49.9. The summed E-state index contributed by atoms with van der Waals surface area (Å²) in [4.78, 5) is 92.2. The first-order valence-corrected chi connectivity index (χ1v) is 30.6. The van der Waals surface area contributed by atoms with E-state index in [0.717, 1.165) is 150 Å². The lowest BCUT2D eigenvalue weighted by Crippen LogP contribution is -2.55. The van der Waals surface area contributed by atoms with Gasteiger partial charge in [-0.1, -0.05) is 7.43 Å². The molecule has 6 amide bonds. The van der Waals surface area contributed by atoms with E-state index in [2.05, 4.69) is 35.5 Å². The summed E-state index contributed by atoms with van der Waals surface area (Å²) in [6.07, 6.45) is 8.30. The molecule has 0 aliphatic carbocycles. The number of anilines is 3. The van der Waals surface area contributed by atoms with Gasteiger partial charge in [-0.25, -0.2) is 27.6 Å². The first-order chi connectivity index (χ1) is 40.2. The number of hydrogen-bond acceptors (Lipinski definition) is 12. The topological polar surface area (TPSA) is 159 Å². The highest BCUT2D eigenvalue weighted by atomic mass is 19.1. The first kappa shape index (κ1) is 63.1. The van der Waals surface area contributed by atoms with Crippen LogP contribution in [0, 0.1) is 17.5 Å². The summed E-state index contributed by atoms with van der Waals surface area (Å²) in [6.45, 7) is 22.8. The Balaban J connectivity index is 0.000000152. The third-order valence-corrected chi connectivity index (χ3v) is 19.4.